The van der Waals surface area contributed by atoms with Crippen molar-refractivity contribution in [1.82, 2.24) is 10.2 Å². The molecule has 0 aromatic heterocycles. The number of piperidine rings is 1. The van der Waals surface area contributed by atoms with Crippen molar-refractivity contribution < 1.29 is 9.90 Å². The zero-order chi connectivity index (χ0) is 8.27. The van der Waals surface area contributed by atoms with Gasteiger partial charge in [0.05, 0.1) is 6.17 Å². The van der Waals surface area contributed by atoms with Gasteiger partial charge in [0.15, 0.2) is 0 Å². The Bertz CT molecular complexity index is 149. The third-order valence-electron chi connectivity index (χ3n) is 2.08. The molecule has 1 saturated heterocycles. The zero-order valence-corrected chi connectivity index (χ0v) is 6.71. The van der Waals surface area contributed by atoms with Crippen LogP contribution in [0.3, 0.4) is 0 Å². The second kappa shape index (κ2) is 3.57. The lowest BCUT2D eigenvalue weighted by Gasteiger charge is -2.32. The summed E-state index contributed by atoms with van der Waals surface area (Å²) in [5.41, 5.74) is 0. The SMILES string of the molecule is CNC1CCCCN1C(=O)O. The average Bonchev–Trinajstić information content (AvgIpc) is 2.04. The number of carbonyl (C=O) groups is 1. The summed E-state index contributed by atoms with van der Waals surface area (Å²) in [6.45, 7) is 0.668. The van der Waals surface area contributed by atoms with Gasteiger partial charge in [-0.05, 0) is 26.3 Å². The number of rotatable bonds is 1. The molecule has 4 heteroatoms. The maximum Gasteiger partial charge on any atom is 0.408 e. The van der Waals surface area contributed by atoms with Crippen LogP contribution in [0.25, 0.3) is 0 Å². The third kappa shape index (κ3) is 1.83. The van der Waals surface area contributed by atoms with Crippen LogP contribution >= 0.6 is 0 Å². The van der Waals surface area contributed by atoms with E-state index in [4.69, 9.17) is 5.11 Å². The van der Waals surface area contributed by atoms with Crippen LogP contribution in [-0.2, 0) is 0 Å². The third-order valence-corrected chi connectivity index (χ3v) is 2.08. The summed E-state index contributed by atoms with van der Waals surface area (Å²) in [6, 6.07) is 0. The molecule has 1 amide bonds. The Morgan fingerprint density at radius 3 is 2.82 bits per heavy atom. The van der Waals surface area contributed by atoms with E-state index >= 15 is 0 Å². The van der Waals surface area contributed by atoms with E-state index in [1.165, 1.54) is 4.90 Å². The van der Waals surface area contributed by atoms with E-state index in [9.17, 15) is 4.79 Å². The highest BCUT2D eigenvalue weighted by Gasteiger charge is 2.24. The van der Waals surface area contributed by atoms with Crippen molar-refractivity contribution in [3.8, 4) is 0 Å². The molecule has 0 aliphatic carbocycles. The molecular weight excluding hydrogens is 144 g/mol. The summed E-state index contributed by atoms with van der Waals surface area (Å²) in [6.07, 6.45) is 2.26. The van der Waals surface area contributed by atoms with Crippen LogP contribution in [0.15, 0.2) is 0 Å². The van der Waals surface area contributed by atoms with Crippen LogP contribution < -0.4 is 5.32 Å². The molecule has 0 spiro atoms. The van der Waals surface area contributed by atoms with E-state index in [-0.39, 0.29) is 6.17 Å². The second-order valence-corrected chi connectivity index (χ2v) is 2.78. The van der Waals surface area contributed by atoms with E-state index in [0.29, 0.717) is 6.54 Å². The lowest BCUT2D eigenvalue weighted by molar-refractivity contribution is 0.0972. The van der Waals surface area contributed by atoms with Gasteiger partial charge in [0, 0.05) is 6.54 Å². The number of carboxylic acid groups (broad SMARTS) is 1. The minimum Gasteiger partial charge on any atom is -0.465 e. The fraction of sp³-hybridized carbons (Fsp3) is 0.857. The molecule has 4 nitrogen and oxygen atoms in total. The van der Waals surface area contributed by atoms with Crippen LogP contribution in [0.4, 0.5) is 4.79 Å². The summed E-state index contributed by atoms with van der Waals surface area (Å²) in [7, 11) is 1.80. The molecule has 1 aliphatic heterocycles. The molecule has 0 aromatic rings. The molecule has 11 heavy (non-hydrogen) atoms. The lowest BCUT2D eigenvalue weighted by Crippen LogP contribution is -2.49. The number of nitrogens with zero attached hydrogens (tertiary/aromatic N) is 1. The van der Waals surface area contributed by atoms with Crippen molar-refractivity contribution in [2.75, 3.05) is 13.6 Å². The number of nitrogens with one attached hydrogen (secondary N) is 1. The molecule has 1 fully saturated rings. The van der Waals surface area contributed by atoms with E-state index in [0.717, 1.165) is 19.3 Å². The minimum atomic E-state index is -0.816. The number of hydrogen-bond acceptors (Lipinski definition) is 2. The lowest BCUT2D eigenvalue weighted by atomic mass is 10.1. The highest BCUT2D eigenvalue weighted by molar-refractivity contribution is 5.65. The van der Waals surface area contributed by atoms with Gasteiger partial charge in [0.1, 0.15) is 0 Å². The Labute approximate surface area is 66.2 Å². The van der Waals surface area contributed by atoms with Gasteiger partial charge in [0.25, 0.3) is 0 Å². The van der Waals surface area contributed by atoms with Gasteiger partial charge in [-0.2, -0.15) is 0 Å². The van der Waals surface area contributed by atoms with Gasteiger partial charge < -0.3 is 10.4 Å². The first kappa shape index (κ1) is 8.33. The normalized spacial score (nSPS) is 25.2. The van der Waals surface area contributed by atoms with E-state index in [1.807, 2.05) is 0 Å². The second-order valence-electron chi connectivity index (χ2n) is 2.78. The van der Waals surface area contributed by atoms with Gasteiger partial charge in [-0.15, -0.1) is 0 Å². The van der Waals surface area contributed by atoms with Gasteiger partial charge in [-0.25, -0.2) is 4.79 Å². The standard InChI is InChI=1S/C7H14N2O2/c1-8-6-4-2-3-5-9(6)7(10)11/h6,8H,2-5H2,1H3,(H,10,11). The Balaban J connectivity index is 2.51. The quantitative estimate of drug-likeness (QED) is 0.590. The van der Waals surface area contributed by atoms with Crippen molar-refractivity contribution in [2.45, 2.75) is 25.4 Å². The monoisotopic (exact) mass is 158 g/mol. The first-order chi connectivity index (χ1) is 5.25. The molecule has 0 saturated carbocycles. The summed E-state index contributed by atoms with van der Waals surface area (Å²) in [5, 5.41) is 11.7. The van der Waals surface area contributed by atoms with Crippen molar-refractivity contribution in [3.05, 3.63) is 0 Å². The Morgan fingerprint density at radius 1 is 1.64 bits per heavy atom. The molecule has 0 aromatic carbocycles. The molecule has 2 N–H and O–H groups in total. The number of likely N-dealkylation sites (tertiary alicyclic amines) is 1. The van der Waals surface area contributed by atoms with Gasteiger partial charge in [-0.1, -0.05) is 0 Å². The van der Waals surface area contributed by atoms with Crippen LogP contribution in [0.5, 0.6) is 0 Å². The first-order valence-corrected chi connectivity index (χ1v) is 3.92. The molecule has 64 valence electrons. The molecule has 0 radical (unpaired) electrons. The van der Waals surface area contributed by atoms with Gasteiger partial charge >= 0.3 is 6.09 Å². The number of amides is 1. The molecule has 1 rings (SSSR count). The fourth-order valence-corrected chi connectivity index (χ4v) is 1.46. The highest BCUT2D eigenvalue weighted by Crippen LogP contribution is 2.14. The van der Waals surface area contributed by atoms with Gasteiger partial charge in [0.2, 0.25) is 0 Å². The van der Waals surface area contributed by atoms with Crippen molar-refractivity contribution in [1.29, 1.82) is 0 Å². The zero-order valence-electron chi connectivity index (χ0n) is 6.71. The van der Waals surface area contributed by atoms with Crippen LogP contribution in [0.1, 0.15) is 19.3 Å². The van der Waals surface area contributed by atoms with E-state index in [2.05, 4.69) is 5.32 Å². The van der Waals surface area contributed by atoms with Crippen LogP contribution in [-0.4, -0.2) is 35.9 Å². The van der Waals surface area contributed by atoms with Crippen molar-refractivity contribution in [3.63, 3.8) is 0 Å². The van der Waals surface area contributed by atoms with Crippen molar-refractivity contribution in [2.24, 2.45) is 0 Å². The number of hydrogen-bond donors (Lipinski definition) is 2. The Hall–Kier alpha value is -0.770. The first-order valence-electron chi connectivity index (χ1n) is 3.92. The smallest absolute Gasteiger partial charge is 0.408 e. The minimum absolute atomic E-state index is 0.0289. The molecule has 1 aliphatic rings. The largest absolute Gasteiger partial charge is 0.465 e. The van der Waals surface area contributed by atoms with E-state index < -0.39 is 6.09 Å². The van der Waals surface area contributed by atoms with E-state index in [1.54, 1.807) is 7.05 Å². The molecular formula is C7H14N2O2. The molecule has 1 unspecified atom stereocenters. The highest BCUT2D eigenvalue weighted by atomic mass is 16.4. The van der Waals surface area contributed by atoms with Crippen molar-refractivity contribution >= 4 is 6.09 Å². The summed E-state index contributed by atoms with van der Waals surface area (Å²) in [4.78, 5) is 12.1. The molecule has 1 atom stereocenters. The Kier molecular flexibility index (Phi) is 2.70. The summed E-state index contributed by atoms with van der Waals surface area (Å²) >= 11 is 0. The molecule has 1 heterocycles. The average molecular weight is 158 g/mol. The predicted molar refractivity (Wildman–Crippen MR) is 41.4 cm³/mol. The van der Waals surface area contributed by atoms with Crippen LogP contribution in [0.2, 0.25) is 0 Å². The van der Waals surface area contributed by atoms with Crippen LogP contribution in [0, 0.1) is 0 Å². The Morgan fingerprint density at radius 2 is 2.36 bits per heavy atom. The topological polar surface area (TPSA) is 52.6 Å². The fourth-order valence-electron chi connectivity index (χ4n) is 1.46. The maximum absolute atomic E-state index is 10.6. The summed E-state index contributed by atoms with van der Waals surface area (Å²) in [5.74, 6) is 0. The maximum atomic E-state index is 10.6. The van der Waals surface area contributed by atoms with Gasteiger partial charge in [-0.3, -0.25) is 4.90 Å². The summed E-state index contributed by atoms with van der Waals surface area (Å²) < 4.78 is 0. The predicted octanol–water partition coefficient (Wildman–Crippen LogP) is 0.696. The molecule has 0 bridgehead atoms.